The molecule has 0 aliphatic carbocycles. The van der Waals surface area contributed by atoms with E-state index in [2.05, 4.69) is 15.3 Å². The third-order valence-corrected chi connectivity index (χ3v) is 3.51. The standard InChI is InChI=1S/C12H10Cl2N4O3S/c1-20-10-6(3-7(13)11(21-2)9(10)14)4-16-18-8(19)5-15-17-12(18)22/h3-5H,1-2H3,(H,17,22)/b16-4-. The Morgan fingerprint density at radius 3 is 2.64 bits per heavy atom. The van der Waals surface area contributed by atoms with Crippen LogP contribution in [-0.2, 0) is 0 Å². The number of benzene rings is 1. The van der Waals surface area contributed by atoms with Crippen LogP contribution < -0.4 is 15.0 Å². The number of H-pyrrole nitrogens is 1. The zero-order valence-corrected chi connectivity index (χ0v) is 13.8. The van der Waals surface area contributed by atoms with Crippen molar-refractivity contribution in [2.45, 2.75) is 0 Å². The van der Waals surface area contributed by atoms with E-state index in [4.69, 9.17) is 44.9 Å². The summed E-state index contributed by atoms with van der Waals surface area (Å²) in [6.45, 7) is 0. The van der Waals surface area contributed by atoms with Crippen molar-refractivity contribution in [3.63, 3.8) is 0 Å². The number of nitrogens with one attached hydrogen (secondary N) is 1. The van der Waals surface area contributed by atoms with Crippen molar-refractivity contribution in [2.24, 2.45) is 5.10 Å². The molecule has 1 aromatic carbocycles. The maximum atomic E-state index is 11.6. The van der Waals surface area contributed by atoms with Gasteiger partial charge in [-0.15, -0.1) is 0 Å². The topological polar surface area (TPSA) is 81.5 Å². The molecule has 2 rings (SSSR count). The van der Waals surface area contributed by atoms with Crippen molar-refractivity contribution in [1.82, 2.24) is 14.9 Å². The fraction of sp³-hybridized carbons (Fsp3) is 0.167. The molecule has 0 radical (unpaired) electrons. The van der Waals surface area contributed by atoms with Crippen LogP contribution in [0, 0.1) is 4.77 Å². The molecule has 10 heteroatoms. The number of aromatic amines is 1. The number of aromatic nitrogens is 3. The van der Waals surface area contributed by atoms with Gasteiger partial charge in [0.05, 0.1) is 25.5 Å². The summed E-state index contributed by atoms with van der Waals surface area (Å²) < 4.78 is 11.3. The summed E-state index contributed by atoms with van der Waals surface area (Å²) in [6, 6.07) is 1.55. The van der Waals surface area contributed by atoms with E-state index < -0.39 is 5.56 Å². The second-order valence-electron chi connectivity index (χ2n) is 3.90. The molecule has 116 valence electrons. The molecular formula is C12H10Cl2N4O3S. The minimum absolute atomic E-state index is 0.0495. The highest BCUT2D eigenvalue weighted by molar-refractivity contribution is 7.71. The number of halogens is 2. The van der Waals surface area contributed by atoms with Gasteiger partial charge in [0.1, 0.15) is 17.0 Å². The predicted molar refractivity (Wildman–Crippen MR) is 86.2 cm³/mol. The zero-order valence-electron chi connectivity index (χ0n) is 11.5. The van der Waals surface area contributed by atoms with Crippen molar-refractivity contribution in [3.8, 4) is 11.5 Å². The normalized spacial score (nSPS) is 10.9. The van der Waals surface area contributed by atoms with Crippen molar-refractivity contribution in [2.75, 3.05) is 14.2 Å². The van der Waals surface area contributed by atoms with Crippen LogP contribution in [0.1, 0.15) is 5.56 Å². The Morgan fingerprint density at radius 1 is 1.36 bits per heavy atom. The lowest BCUT2D eigenvalue weighted by atomic mass is 10.2. The van der Waals surface area contributed by atoms with Crippen molar-refractivity contribution >= 4 is 41.6 Å². The van der Waals surface area contributed by atoms with Gasteiger partial charge in [0, 0.05) is 5.56 Å². The Bertz CT molecular complexity index is 819. The Balaban J connectivity index is 2.57. The molecule has 1 N–H and O–H groups in total. The number of hydrogen-bond acceptors (Lipinski definition) is 6. The summed E-state index contributed by atoms with van der Waals surface area (Å²) in [5.41, 5.74) is -0.0268. The molecule has 7 nitrogen and oxygen atoms in total. The minimum atomic E-state index is -0.482. The van der Waals surface area contributed by atoms with Crippen molar-refractivity contribution in [1.29, 1.82) is 0 Å². The van der Waals surface area contributed by atoms with Gasteiger partial charge in [-0.05, 0) is 18.3 Å². The third kappa shape index (κ3) is 3.13. The van der Waals surface area contributed by atoms with Crippen LogP contribution in [0.2, 0.25) is 10.0 Å². The Morgan fingerprint density at radius 2 is 2.05 bits per heavy atom. The third-order valence-electron chi connectivity index (χ3n) is 2.62. The summed E-state index contributed by atoms with van der Waals surface area (Å²) in [5, 5.41) is 10.5. The van der Waals surface area contributed by atoms with E-state index in [1.165, 1.54) is 20.4 Å². The zero-order chi connectivity index (χ0) is 16.3. The number of hydrogen-bond donors (Lipinski definition) is 1. The van der Waals surface area contributed by atoms with E-state index in [1.54, 1.807) is 6.07 Å². The van der Waals surface area contributed by atoms with Gasteiger partial charge >= 0.3 is 0 Å². The lowest BCUT2D eigenvalue weighted by Gasteiger charge is -2.12. The van der Waals surface area contributed by atoms with E-state index in [9.17, 15) is 4.79 Å². The quantitative estimate of drug-likeness (QED) is 0.669. The molecule has 2 aromatic rings. The highest BCUT2D eigenvalue weighted by Gasteiger charge is 2.16. The Labute approximate surface area is 140 Å². The average Bonchev–Trinajstić information content (AvgIpc) is 2.47. The van der Waals surface area contributed by atoms with Crippen LogP contribution in [0.25, 0.3) is 0 Å². The summed E-state index contributed by atoms with van der Waals surface area (Å²) >= 11 is 17.2. The SMILES string of the molecule is COc1c(Cl)cc(/C=N\n2c(=O)cn[nH]c2=S)c(OC)c1Cl. The van der Waals surface area contributed by atoms with E-state index in [0.29, 0.717) is 11.3 Å². The largest absolute Gasteiger partial charge is 0.494 e. The van der Waals surface area contributed by atoms with E-state index in [1.807, 2.05) is 0 Å². The van der Waals surface area contributed by atoms with Crippen molar-refractivity contribution < 1.29 is 9.47 Å². The molecule has 0 saturated heterocycles. The molecule has 0 bridgehead atoms. The van der Waals surface area contributed by atoms with Crippen LogP contribution in [0.15, 0.2) is 22.2 Å². The van der Waals surface area contributed by atoms with E-state index in [0.717, 1.165) is 10.9 Å². The second-order valence-corrected chi connectivity index (χ2v) is 5.07. The summed E-state index contributed by atoms with van der Waals surface area (Å²) in [7, 11) is 2.88. The average molecular weight is 361 g/mol. The highest BCUT2D eigenvalue weighted by atomic mass is 35.5. The Kier molecular flexibility index (Phi) is 5.17. The van der Waals surface area contributed by atoms with Crippen LogP contribution >= 0.6 is 35.4 Å². The highest BCUT2D eigenvalue weighted by Crippen LogP contribution is 2.41. The lowest BCUT2D eigenvalue weighted by molar-refractivity contribution is 0.394. The molecule has 0 saturated carbocycles. The van der Waals surface area contributed by atoms with Crippen LogP contribution in [-0.4, -0.2) is 35.3 Å². The van der Waals surface area contributed by atoms with Crippen LogP contribution in [0.5, 0.6) is 11.5 Å². The minimum Gasteiger partial charge on any atom is -0.494 e. The number of rotatable bonds is 4. The molecule has 0 aliphatic heterocycles. The number of nitrogens with zero attached hydrogens (tertiary/aromatic N) is 3. The maximum Gasteiger partial charge on any atom is 0.293 e. The molecule has 0 atom stereocenters. The molecule has 0 fully saturated rings. The second kappa shape index (κ2) is 6.91. The Hall–Kier alpha value is -1.90. The molecule has 0 amide bonds. The summed E-state index contributed by atoms with van der Waals surface area (Å²) in [4.78, 5) is 11.6. The maximum absolute atomic E-state index is 11.6. The molecule has 0 unspecified atom stereocenters. The first-order valence-corrected chi connectivity index (χ1v) is 6.97. The van der Waals surface area contributed by atoms with Gasteiger partial charge in [-0.1, -0.05) is 23.2 Å². The molecule has 0 spiro atoms. The van der Waals surface area contributed by atoms with E-state index >= 15 is 0 Å². The monoisotopic (exact) mass is 360 g/mol. The molecule has 0 aliphatic rings. The van der Waals surface area contributed by atoms with Gasteiger partial charge in [-0.2, -0.15) is 14.9 Å². The molecule has 1 aromatic heterocycles. The molecular weight excluding hydrogens is 351 g/mol. The number of methoxy groups -OCH3 is 2. The number of ether oxygens (including phenoxy) is 2. The first kappa shape index (κ1) is 16.5. The van der Waals surface area contributed by atoms with E-state index in [-0.39, 0.29) is 20.6 Å². The predicted octanol–water partition coefficient (Wildman–Crippen LogP) is 2.51. The molecule has 22 heavy (non-hydrogen) atoms. The fourth-order valence-electron chi connectivity index (χ4n) is 1.67. The van der Waals surface area contributed by atoms with Crippen LogP contribution in [0.4, 0.5) is 0 Å². The van der Waals surface area contributed by atoms with Crippen molar-refractivity contribution in [3.05, 3.63) is 43.0 Å². The fourth-order valence-corrected chi connectivity index (χ4v) is 2.56. The van der Waals surface area contributed by atoms with Gasteiger partial charge in [0.25, 0.3) is 5.56 Å². The first-order valence-electron chi connectivity index (χ1n) is 5.80. The van der Waals surface area contributed by atoms with Gasteiger partial charge in [-0.3, -0.25) is 9.89 Å². The first-order chi connectivity index (χ1) is 10.5. The van der Waals surface area contributed by atoms with Crippen LogP contribution in [0.3, 0.4) is 0 Å². The van der Waals surface area contributed by atoms with Gasteiger partial charge in [0.2, 0.25) is 4.77 Å². The lowest BCUT2D eigenvalue weighted by Crippen LogP contribution is -2.18. The summed E-state index contributed by atoms with van der Waals surface area (Å²) in [5.74, 6) is 0.597. The van der Waals surface area contributed by atoms with Gasteiger partial charge < -0.3 is 9.47 Å². The van der Waals surface area contributed by atoms with Gasteiger partial charge in [-0.25, -0.2) is 0 Å². The van der Waals surface area contributed by atoms with Gasteiger partial charge in [0.15, 0.2) is 5.75 Å². The summed E-state index contributed by atoms with van der Waals surface area (Å²) in [6.07, 6.45) is 2.40. The molecule has 1 heterocycles. The smallest absolute Gasteiger partial charge is 0.293 e.